The predicted molar refractivity (Wildman–Crippen MR) is 53.1 cm³/mol. The summed E-state index contributed by atoms with van der Waals surface area (Å²) in [4.78, 5) is 3.48. The molecule has 0 saturated heterocycles. The van der Waals surface area contributed by atoms with Crippen molar-refractivity contribution in [2.45, 2.75) is 39.4 Å². The van der Waals surface area contributed by atoms with Gasteiger partial charge in [-0.15, -0.1) is 0 Å². The Balaban J connectivity index is 3.38. The van der Waals surface area contributed by atoms with E-state index in [4.69, 9.17) is 4.12 Å². The Bertz CT molecular complexity index is 98.4. The molecule has 0 saturated carbocycles. The zero-order valence-electron chi connectivity index (χ0n) is 8.03. The van der Waals surface area contributed by atoms with Crippen LogP contribution in [0.5, 0.6) is 0 Å². The molecular weight excluding hydrogens is 170 g/mol. The van der Waals surface area contributed by atoms with Gasteiger partial charge < -0.3 is 9.10 Å². The monoisotopic (exact) mass is 189 g/mol. The highest BCUT2D eigenvalue weighted by molar-refractivity contribution is 6.72. The normalized spacial score (nSPS) is 12.0. The standard InChI is InChI=1S/C7H19NOSi2/c1-5-6-7-8-11(3,4)9-10-2/h8H,5-7H2,1-4H3. The van der Waals surface area contributed by atoms with Crippen LogP contribution in [-0.4, -0.2) is 24.8 Å². The maximum absolute atomic E-state index is 5.63. The van der Waals surface area contributed by atoms with Gasteiger partial charge in [0.05, 0.1) is 0 Å². The van der Waals surface area contributed by atoms with E-state index in [1.54, 1.807) is 0 Å². The molecule has 0 unspecified atom stereocenters. The van der Waals surface area contributed by atoms with E-state index in [2.05, 4.69) is 31.5 Å². The van der Waals surface area contributed by atoms with Crippen molar-refractivity contribution >= 4 is 18.2 Å². The van der Waals surface area contributed by atoms with Crippen molar-refractivity contribution in [3.63, 3.8) is 0 Å². The van der Waals surface area contributed by atoms with Gasteiger partial charge in [0.25, 0.3) is 8.48 Å². The van der Waals surface area contributed by atoms with Crippen LogP contribution in [0.3, 0.4) is 0 Å². The fraction of sp³-hybridized carbons (Fsp3) is 1.00. The first kappa shape index (κ1) is 11.4. The number of hydrogen-bond acceptors (Lipinski definition) is 2. The van der Waals surface area contributed by atoms with Crippen LogP contribution in [0.1, 0.15) is 19.8 Å². The minimum absolute atomic E-state index is 0.620. The Kier molecular flexibility index (Phi) is 6.13. The second kappa shape index (κ2) is 5.94. The van der Waals surface area contributed by atoms with Crippen molar-refractivity contribution in [2.75, 3.05) is 6.54 Å². The van der Waals surface area contributed by atoms with Gasteiger partial charge in [0.2, 0.25) is 9.76 Å². The molecule has 0 amide bonds. The molecule has 0 aromatic carbocycles. The number of nitrogens with one attached hydrogen (secondary N) is 1. The van der Waals surface area contributed by atoms with E-state index >= 15 is 0 Å². The Morgan fingerprint density at radius 2 is 2.09 bits per heavy atom. The van der Waals surface area contributed by atoms with E-state index in [0.717, 1.165) is 6.54 Å². The second-order valence-corrected chi connectivity index (χ2v) is 7.70. The molecule has 0 aliphatic heterocycles. The molecule has 0 spiro atoms. The van der Waals surface area contributed by atoms with Crippen LogP contribution in [0, 0.1) is 0 Å². The highest BCUT2D eigenvalue weighted by atomic mass is 28.4. The number of unbranched alkanes of at least 4 members (excludes halogenated alkanes) is 1. The predicted octanol–water partition coefficient (Wildman–Crippen LogP) is 1.76. The van der Waals surface area contributed by atoms with Crippen LogP contribution in [-0.2, 0) is 4.12 Å². The number of rotatable bonds is 6. The molecule has 0 atom stereocenters. The van der Waals surface area contributed by atoms with E-state index in [1.807, 2.05) is 0 Å². The molecule has 1 N–H and O–H groups in total. The molecule has 0 aliphatic rings. The van der Waals surface area contributed by atoms with Crippen LogP contribution in [0.25, 0.3) is 0 Å². The molecule has 0 bridgehead atoms. The summed E-state index contributed by atoms with van der Waals surface area (Å²) in [7, 11) is -0.858. The molecule has 66 valence electrons. The van der Waals surface area contributed by atoms with Crippen LogP contribution in [0.4, 0.5) is 0 Å². The van der Waals surface area contributed by atoms with Gasteiger partial charge in [-0.2, -0.15) is 0 Å². The van der Waals surface area contributed by atoms with Gasteiger partial charge >= 0.3 is 0 Å². The molecule has 0 heterocycles. The average Bonchev–Trinajstić information content (AvgIpc) is 1.87. The van der Waals surface area contributed by atoms with Crippen molar-refractivity contribution < 1.29 is 4.12 Å². The van der Waals surface area contributed by atoms with Gasteiger partial charge in [-0.1, -0.05) is 13.3 Å². The SMILES string of the molecule is CCCCN[Si](C)(C)O[Si]C. The van der Waals surface area contributed by atoms with Crippen molar-refractivity contribution in [1.82, 2.24) is 4.98 Å². The summed E-state index contributed by atoms with van der Waals surface area (Å²) in [6, 6.07) is 0. The molecule has 11 heavy (non-hydrogen) atoms. The highest BCUT2D eigenvalue weighted by Gasteiger charge is 2.19. The zero-order valence-corrected chi connectivity index (χ0v) is 10.0. The lowest BCUT2D eigenvalue weighted by atomic mass is 10.3. The molecule has 0 aliphatic carbocycles. The fourth-order valence-electron chi connectivity index (χ4n) is 0.857. The third-order valence-electron chi connectivity index (χ3n) is 1.44. The zero-order chi connectivity index (χ0) is 8.74. The topological polar surface area (TPSA) is 21.3 Å². The highest BCUT2D eigenvalue weighted by Crippen LogP contribution is 1.98. The van der Waals surface area contributed by atoms with Crippen molar-refractivity contribution in [2.24, 2.45) is 0 Å². The summed E-state index contributed by atoms with van der Waals surface area (Å²) >= 11 is 0. The van der Waals surface area contributed by atoms with E-state index in [-0.39, 0.29) is 0 Å². The van der Waals surface area contributed by atoms with Crippen LogP contribution in [0.2, 0.25) is 19.6 Å². The van der Waals surface area contributed by atoms with E-state index in [1.165, 1.54) is 12.8 Å². The third kappa shape index (κ3) is 6.74. The number of hydrogen-bond donors (Lipinski definition) is 1. The maximum Gasteiger partial charge on any atom is 0.251 e. The molecule has 0 rings (SSSR count). The first-order chi connectivity index (χ1) is 5.12. The molecule has 4 heteroatoms. The van der Waals surface area contributed by atoms with Crippen LogP contribution < -0.4 is 4.98 Å². The maximum atomic E-state index is 5.63. The van der Waals surface area contributed by atoms with Gasteiger partial charge in [-0.25, -0.2) is 0 Å². The van der Waals surface area contributed by atoms with Gasteiger partial charge in [0.1, 0.15) is 0 Å². The Hall–Kier alpha value is 0.354. The fourth-order valence-corrected chi connectivity index (χ4v) is 3.97. The molecule has 2 nitrogen and oxygen atoms in total. The summed E-state index contributed by atoms with van der Waals surface area (Å²) in [5.74, 6) is 0. The quantitative estimate of drug-likeness (QED) is 0.508. The van der Waals surface area contributed by atoms with E-state index in [0.29, 0.717) is 9.76 Å². The van der Waals surface area contributed by atoms with Gasteiger partial charge in [0.15, 0.2) is 0 Å². The summed E-state index contributed by atoms with van der Waals surface area (Å²) in [6.07, 6.45) is 2.51. The summed E-state index contributed by atoms with van der Waals surface area (Å²) in [5, 5.41) is 0. The van der Waals surface area contributed by atoms with Gasteiger partial charge in [-0.05, 0) is 32.6 Å². The minimum atomic E-state index is -1.48. The van der Waals surface area contributed by atoms with Gasteiger partial charge in [0, 0.05) is 0 Å². The first-order valence-corrected chi connectivity index (χ1v) is 8.54. The van der Waals surface area contributed by atoms with E-state index < -0.39 is 8.48 Å². The Labute approximate surface area is 73.9 Å². The van der Waals surface area contributed by atoms with Crippen LogP contribution >= 0.6 is 0 Å². The summed E-state index contributed by atoms with van der Waals surface area (Å²) < 4.78 is 5.63. The lowest BCUT2D eigenvalue weighted by Crippen LogP contribution is -2.48. The molecule has 0 aromatic heterocycles. The van der Waals surface area contributed by atoms with Crippen molar-refractivity contribution in [3.8, 4) is 0 Å². The molecule has 0 aromatic rings. The smallest absolute Gasteiger partial charge is 0.251 e. The van der Waals surface area contributed by atoms with Crippen molar-refractivity contribution in [1.29, 1.82) is 0 Å². The first-order valence-electron chi connectivity index (χ1n) is 4.22. The third-order valence-corrected chi connectivity index (χ3v) is 5.40. The average molecular weight is 189 g/mol. The minimum Gasteiger partial charge on any atom is -0.445 e. The Morgan fingerprint density at radius 3 is 2.55 bits per heavy atom. The van der Waals surface area contributed by atoms with Crippen LogP contribution in [0.15, 0.2) is 0 Å². The molecule has 0 fully saturated rings. The van der Waals surface area contributed by atoms with Crippen molar-refractivity contribution in [3.05, 3.63) is 0 Å². The summed E-state index contributed by atoms with van der Waals surface area (Å²) in [5.41, 5.74) is 0. The van der Waals surface area contributed by atoms with Gasteiger partial charge in [-0.3, -0.25) is 0 Å². The molecular formula is C7H19NOSi2. The Morgan fingerprint density at radius 1 is 1.45 bits per heavy atom. The van der Waals surface area contributed by atoms with E-state index in [9.17, 15) is 0 Å². The second-order valence-electron chi connectivity index (χ2n) is 3.10. The largest absolute Gasteiger partial charge is 0.445 e. The summed E-state index contributed by atoms with van der Waals surface area (Å²) in [6.45, 7) is 9.81. The molecule has 2 radical (unpaired) electrons. The lowest BCUT2D eigenvalue weighted by molar-refractivity contribution is 0.557. The lowest BCUT2D eigenvalue weighted by Gasteiger charge is -2.22.